The monoisotopic (exact) mass is 273 g/mol. The number of nitrogens with zero attached hydrogens (tertiary/aromatic N) is 2. The normalized spacial score (nSPS) is 22.5. The first-order valence-electron chi connectivity index (χ1n) is 6.40. The summed E-state index contributed by atoms with van der Waals surface area (Å²) >= 11 is 1.69. The van der Waals surface area contributed by atoms with Crippen LogP contribution in [-0.2, 0) is 0 Å². The molecule has 4 nitrogen and oxygen atoms in total. The van der Waals surface area contributed by atoms with E-state index in [1.54, 1.807) is 18.9 Å². The number of ether oxygens (including phenoxy) is 1. The lowest BCUT2D eigenvalue weighted by atomic mass is 10.1. The topological polar surface area (TPSA) is 61.7 Å². The zero-order chi connectivity index (χ0) is 13.2. The van der Waals surface area contributed by atoms with Crippen LogP contribution in [0, 0.1) is 17.2 Å². The molecule has 1 aliphatic rings. The second-order valence-electron chi connectivity index (χ2n) is 4.75. The van der Waals surface area contributed by atoms with Crippen LogP contribution < -0.4 is 4.74 Å². The Morgan fingerprint density at radius 3 is 3.16 bits per heavy atom. The molecule has 1 N–H and O–H groups in total. The molecule has 1 aromatic heterocycles. The molecular formula is C14H15N3OS. The first-order valence-corrected chi connectivity index (χ1v) is 7.28. The van der Waals surface area contributed by atoms with Crippen molar-refractivity contribution in [1.82, 2.24) is 9.97 Å². The van der Waals surface area contributed by atoms with Crippen molar-refractivity contribution in [2.45, 2.75) is 29.7 Å². The fourth-order valence-corrected chi connectivity index (χ4v) is 3.76. The molecule has 3 rings (SSSR count). The van der Waals surface area contributed by atoms with Crippen LogP contribution >= 0.6 is 11.8 Å². The van der Waals surface area contributed by atoms with Gasteiger partial charge in [-0.15, -0.1) is 0 Å². The SMILES string of the molecule is COc1ccc2nc(SC3CCCC3C#N)[nH]c2c1. The summed E-state index contributed by atoms with van der Waals surface area (Å²) in [7, 11) is 1.66. The molecule has 1 aliphatic carbocycles. The lowest BCUT2D eigenvalue weighted by molar-refractivity contribution is 0.415. The Morgan fingerprint density at radius 2 is 2.37 bits per heavy atom. The van der Waals surface area contributed by atoms with E-state index in [4.69, 9.17) is 10.00 Å². The van der Waals surface area contributed by atoms with E-state index < -0.39 is 0 Å². The smallest absolute Gasteiger partial charge is 0.166 e. The molecule has 0 radical (unpaired) electrons. The Morgan fingerprint density at radius 1 is 1.47 bits per heavy atom. The first-order chi connectivity index (χ1) is 9.30. The lowest BCUT2D eigenvalue weighted by Crippen LogP contribution is -2.07. The van der Waals surface area contributed by atoms with Crippen molar-refractivity contribution in [2.75, 3.05) is 7.11 Å². The van der Waals surface area contributed by atoms with Crippen molar-refractivity contribution in [3.63, 3.8) is 0 Å². The first kappa shape index (κ1) is 12.4. The third-order valence-electron chi connectivity index (χ3n) is 3.55. The molecule has 19 heavy (non-hydrogen) atoms. The van der Waals surface area contributed by atoms with Crippen LogP contribution in [0.15, 0.2) is 23.4 Å². The van der Waals surface area contributed by atoms with E-state index in [1.807, 2.05) is 18.2 Å². The molecule has 0 aliphatic heterocycles. The third-order valence-corrected chi connectivity index (χ3v) is 4.83. The quantitative estimate of drug-likeness (QED) is 0.931. The number of methoxy groups -OCH3 is 1. The van der Waals surface area contributed by atoms with Crippen LogP contribution in [0.3, 0.4) is 0 Å². The molecule has 0 bridgehead atoms. The van der Waals surface area contributed by atoms with Gasteiger partial charge in [-0.2, -0.15) is 5.26 Å². The summed E-state index contributed by atoms with van der Waals surface area (Å²) in [5.74, 6) is 0.983. The largest absolute Gasteiger partial charge is 0.497 e. The van der Waals surface area contributed by atoms with Crippen molar-refractivity contribution in [3.05, 3.63) is 18.2 Å². The number of nitrogens with one attached hydrogen (secondary N) is 1. The molecule has 5 heteroatoms. The lowest BCUT2D eigenvalue weighted by Gasteiger charge is -2.09. The molecule has 0 saturated heterocycles. The van der Waals surface area contributed by atoms with Gasteiger partial charge in [-0.1, -0.05) is 18.2 Å². The van der Waals surface area contributed by atoms with Crippen molar-refractivity contribution in [3.8, 4) is 11.8 Å². The molecule has 1 saturated carbocycles. The Bertz CT molecular complexity index is 631. The molecule has 2 unspecified atom stereocenters. The number of aromatic nitrogens is 2. The molecule has 98 valence electrons. The molecule has 0 amide bonds. The Kier molecular flexibility index (Phi) is 3.34. The van der Waals surface area contributed by atoms with E-state index >= 15 is 0 Å². The average Bonchev–Trinajstić information content (AvgIpc) is 3.03. The zero-order valence-electron chi connectivity index (χ0n) is 10.7. The standard InChI is InChI=1S/C14H15N3OS/c1-18-10-5-6-11-12(7-10)17-14(16-11)19-13-4-2-3-9(13)8-15/h5-7,9,13H,2-4H2,1H3,(H,16,17). The molecule has 1 fully saturated rings. The van der Waals surface area contributed by atoms with Gasteiger partial charge < -0.3 is 9.72 Å². The number of nitriles is 1. The number of imidazole rings is 1. The average molecular weight is 273 g/mol. The van der Waals surface area contributed by atoms with Gasteiger partial charge in [0.15, 0.2) is 5.16 Å². The zero-order valence-corrected chi connectivity index (χ0v) is 11.5. The molecule has 1 heterocycles. The van der Waals surface area contributed by atoms with E-state index in [-0.39, 0.29) is 5.92 Å². The van der Waals surface area contributed by atoms with Crippen LogP contribution in [-0.4, -0.2) is 22.3 Å². The summed E-state index contributed by atoms with van der Waals surface area (Å²) in [6, 6.07) is 8.21. The van der Waals surface area contributed by atoms with Gasteiger partial charge in [0.2, 0.25) is 0 Å². The molecule has 2 aromatic rings. The molecular weight excluding hydrogens is 258 g/mol. The van der Waals surface area contributed by atoms with E-state index in [0.29, 0.717) is 5.25 Å². The summed E-state index contributed by atoms with van der Waals surface area (Å²) < 4.78 is 5.20. The van der Waals surface area contributed by atoms with Crippen molar-refractivity contribution < 1.29 is 4.74 Å². The number of thioether (sulfide) groups is 1. The summed E-state index contributed by atoms with van der Waals surface area (Å²) in [5.41, 5.74) is 1.92. The minimum atomic E-state index is 0.160. The minimum Gasteiger partial charge on any atom is -0.497 e. The van der Waals surface area contributed by atoms with E-state index in [0.717, 1.165) is 41.2 Å². The Labute approximate surface area is 116 Å². The van der Waals surface area contributed by atoms with Crippen molar-refractivity contribution >= 4 is 22.8 Å². The highest BCUT2D eigenvalue weighted by atomic mass is 32.2. The summed E-state index contributed by atoms with van der Waals surface area (Å²) in [6.45, 7) is 0. The highest BCUT2D eigenvalue weighted by Gasteiger charge is 2.28. The maximum atomic E-state index is 9.11. The van der Waals surface area contributed by atoms with Gasteiger partial charge in [0.1, 0.15) is 5.75 Å². The second kappa shape index (κ2) is 5.14. The fourth-order valence-electron chi connectivity index (χ4n) is 2.51. The predicted molar refractivity (Wildman–Crippen MR) is 75.2 cm³/mol. The number of fused-ring (bicyclic) bond motifs is 1. The van der Waals surface area contributed by atoms with Gasteiger partial charge in [-0.05, 0) is 25.0 Å². The van der Waals surface area contributed by atoms with Crippen LogP contribution in [0.2, 0.25) is 0 Å². The van der Waals surface area contributed by atoms with E-state index in [2.05, 4.69) is 16.0 Å². The number of rotatable bonds is 3. The van der Waals surface area contributed by atoms with Crippen LogP contribution in [0.5, 0.6) is 5.75 Å². The summed E-state index contributed by atoms with van der Waals surface area (Å²) in [5, 5.41) is 10.4. The fraction of sp³-hybridized carbons (Fsp3) is 0.429. The summed E-state index contributed by atoms with van der Waals surface area (Å²) in [4.78, 5) is 7.87. The Balaban J connectivity index is 1.83. The van der Waals surface area contributed by atoms with Crippen LogP contribution in [0.4, 0.5) is 0 Å². The minimum absolute atomic E-state index is 0.160. The number of aromatic amines is 1. The van der Waals surface area contributed by atoms with Crippen LogP contribution in [0.25, 0.3) is 11.0 Å². The van der Waals surface area contributed by atoms with Crippen molar-refractivity contribution in [2.24, 2.45) is 5.92 Å². The Hall–Kier alpha value is -1.67. The van der Waals surface area contributed by atoms with Gasteiger partial charge in [-0.3, -0.25) is 0 Å². The van der Waals surface area contributed by atoms with Gasteiger partial charge in [0, 0.05) is 11.3 Å². The summed E-state index contributed by atoms with van der Waals surface area (Å²) in [6.07, 6.45) is 3.26. The van der Waals surface area contributed by atoms with Gasteiger partial charge in [-0.25, -0.2) is 4.98 Å². The third kappa shape index (κ3) is 2.41. The van der Waals surface area contributed by atoms with Crippen molar-refractivity contribution in [1.29, 1.82) is 5.26 Å². The van der Waals surface area contributed by atoms with Crippen LogP contribution in [0.1, 0.15) is 19.3 Å². The van der Waals surface area contributed by atoms with Gasteiger partial charge in [0.25, 0.3) is 0 Å². The number of hydrogen-bond donors (Lipinski definition) is 1. The highest BCUT2D eigenvalue weighted by molar-refractivity contribution is 7.99. The molecule has 2 atom stereocenters. The second-order valence-corrected chi connectivity index (χ2v) is 5.98. The number of benzene rings is 1. The van der Waals surface area contributed by atoms with Gasteiger partial charge in [0.05, 0.1) is 30.1 Å². The van der Waals surface area contributed by atoms with E-state index in [1.165, 1.54) is 0 Å². The predicted octanol–water partition coefficient (Wildman–Crippen LogP) is 3.36. The molecule has 1 aromatic carbocycles. The van der Waals surface area contributed by atoms with E-state index in [9.17, 15) is 0 Å². The van der Waals surface area contributed by atoms with Gasteiger partial charge >= 0.3 is 0 Å². The maximum Gasteiger partial charge on any atom is 0.166 e. The highest BCUT2D eigenvalue weighted by Crippen LogP contribution is 2.38. The molecule has 0 spiro atoms. The number of H-pyrrole nitrogens is 1. The maximum absolute atomic E-state index is 9.11. The number of hydrogen-bond acceptors (Lipinski definition) is 4.